The Bertz CT molecular complexity index is 289. The standard InChI is InChI=1S/C16H34N4O.HI/c1-4-10-20-11-8-15(14-20)13-19-16(17-3)18-9-6-7-12-21-5-2;/h15H,4-14H2,1-3H3,(H2,17,18,19);1H. The number of unbranched alkanes of at least 4 members (excludes halogenated alkanes) is 1. The highest BCUT2D eigenvalue weighted by Gasteiger charge is 2.21. The average molecular weight is 426 g/mol. The van der Waals surface area contributed by atoms with Crippen LogP contribution in [0.2, 0.25) is 0 Å². The van der Waals surface area contributed by atoms with E-state index in [1.54, 1.807) is 0 Å². The van der Waals surface area contributed by atoms with E-state index in [1.165, 1.54) is 32.5 Å². The minimum Gasteiger partial charge on any atom is -0.382 e. The molecule has 0 amide bonds. The van der Waals surface area contributed by atoms with E-state index in [2.05, 4.69) is 27.4 Å². The first-order chi connectivity index (χ1) is 10.3. The Morgan fingerprint density at radius 2 is 2.09 bits per heavy atom. The quantitative estimate of drug-likeness (QED) is 0.244. The number of rotatable bonds is 10. The van der Waals surface area contributed by atoms with Crippen LogP contribution in [0.3, 0.4) is 0 Å². The van der Waals surface area contributed by atoms with E-state index in [0.29, 0.717) is 0 Å². The Labute approximate surface area is 153 Å². The number of guanidine groups is 1. The zero-order valence-corrected chi connectivity index (χ0v) is 16.9. The molecule has 1 rings (SSSR count). The van der Waals surface area contributed by atoms with E-state index in [-0.39, 0.29) is 24.0 Å². The van der Waals surface area contributed by atoms with Crippen molar-refractivity contribution >= 4 is 29.9 Å². The van der Waals surface area contributed by atoms with Crippen LogP contribution in [0.1, 0.15) is 39.5 Å². The van der Waals surface area contributed by atoms with Gasteiger partial charge in [-0.2, -0.15) is 0 Å². The number of hydrogen-bond acceptors (Lipinski definition) is 3. The number of halogens is 1. The monoisotopic (exact) mass is 426 g/mol. The molecule has 0 saturated carbocycles. The smallest absolute Gasteiger partial charge is 0.190 e. The predicted molar refractivity (Wildman–Crippen MR) is 105 cm³/mol. The molecule has 5 nitrogen and oxygen atoms in total. The number of nitrogens with zero attached hydrogens (tertiary/aromatic N) is 2. The third kappa shape index (κ3) is 9.84. The van der Waals surface area contributed by atoms with Gasteiger partial charge in [0.15, 0.2) is 5.96 Å². The molecule has 1 atom stereocenters. The molecule has 22 heavy (non-hydrogen) atoms. The molecule has 0 spiro atoms. The van der Waals surface area contributed by atoms with Crippen molar-refractivity contribution in [2.45, 2.75) is 39.5 Å². The van der Waals surface area contributed by atoms with Gasteiger partial charge in [0, 0.05) is 39.9 Å². The summed E-state index contributed by atoms with van der Waals surface area (Å²) in [6, 6.07) is 0. The summed E-state index contributed by atoms with van der Waals surface area (Å²) in [5, 5.41) is 6.83. The number of hydrogen-bond donors (Lipinski definition) is 2. The van der Waals surface area contributed by atoms with Gasteiger partial charge in [0.1, 0.15) is 0 Å². The molecule has 0 aromatic carbocycles. The van der Waals surface area contributed by atoms with Crippen molar-refractivity contribution < 1.29 is 4.74 Å². The molecule has 1 heterocycles. The van der Waals surface area contributed by atoms with Crippen molar-refractivity contribution in [3.8, 4) is 0 Å². The Balaban J connectivity index is 0.00000441. The average Bonchev–Trinajstić information content (AvgIpc) is 2.94. The van der Waals surface area contributed by atoms with Gasteiger partial charge in [0.2, 0.25) is 0 Å². The summed E-state index contributed by atoms with van der Waals surface area (Å²) in [7, 11) is 1.84. The number of likely N-dealkylation sites (tertiary alicyclic amines) is 1. The molecule has 0 bridgehead atoms. The van der Waals surface area contributed by atoms with Crippen LogP contribution in [0.15, 0.2) is 4.99 Å². The molecule has 0 aromatic heterocycles. The van der Waals surface area contributed by atoms with Gasteiger partial charge in [-0.25, -0.2) is 0 Å². The minimum atomic E-state index is 0. The maximum absolute atomic E-state index is 5.33. The van der Waals surface area contributed by atoms with Crippen LogP contribution in [-0.4, -0.2) is 63.8 Å². The van der Waals surface area contributed by atoms with Gasteiger partial charge >= 0.3 is 0 Å². The summed E-state index contributed by atoms with van der Waals surface area (Å²) in [5.74, 6) is 1.69. The number of aliphatic imine (C=N–C) groups is 1. The van der Waals surface area contributed by atoms with Crippen LogP contribution in [0.4, 0.5) is 0 Å². The first-order valence-corrected chi connectivity index (χ1v) is 8.54. The summed E-state index contributed by atoms with van der Waals surface area (Å²) in [5.41, 5.74) is 0. The Morgan fingerprint density at radius 3 is 2.77 bits per heavy atom. The van der Waals surface area contributed by atoms with E-state index in [4.69, 9.17) is 4.74 Å². The molecule has 1 unspecified atom stereocenters. The van der Waals surface area contributed by atoms with E-state index < -0.39 is 0 Å². The number of nitrogens with one attached hydrogen (secondary N) is 2. The van der Waals surface area contributed by atoms with Crippen molar-refractivity contribution in [2.24, 2.45) is 10.9 Å². The summed E-state index contributed by atoms with van der Waals surface area (Å²) >= 11 is 0. The Kier molecular flexibility index (Phi) is 14.5. The van der Waals surface area contributed by atoms with E-state index in [1.807, 2.05) is 14.0 Å². The van der Waals surface area contributed by atoms with Gasteiger partial charge in [-0.05, 0) is 51.6 Å². The first-order valence-electron chi connectivity index (χ1n) is 8.54. The lowest BCUT2D eigenvalue weighted by molar-refractivity contribution is 0.143. The molecule has 1 saturated heterocycles. The lowest BCUT2D eigenvalue weighted by atomic mass is 10.1. The highest BCUT2D eigenvalue weighted by Crippen LogP contribution is 2.15. The van der Waals surface area contributed by atoms with Gasteiger partial charge < -0.3 is 20.3 Å². The molecular formula is C16H35IN4O. The normalized spacial score (nSPS) is 19.0. The first kappa shape index (κ1) is 21.9. The predicted octanol–water partition coefficient (Wildman–Crippen LogP) is 2.32. The molecular weight excluding hydrogens is 391 g/mol. The minimum absolute atomic E-state index is 0. The maximum atomic E-state index is 5.33. The molecule has 6 heteroatoms. The summed E-state index contributed by atoms with van der Waals surface area (Å²) in [6.07, 6.45) is 4.78. The van der Waals surface area contributed by atoms with E-state index >= 15 is 0 Å². The molecule has 132 valence electrons. The lowest BCUT2D eigenvalue weighted by Crippen LogP contribution is -2.40. The molecule has 2 N–H and O–H groups in total. The highest BCUT2D eigenvalue weighted by atomic mass is 127. The van der Waals surface area contributed by atoms with Crippen molar-refractivity contribution in [1.29, 1.82) is 0 Å². The Morgan fingerprint density at radius 1 is 1.27 bits per heavy atom. The molecule has 1 fully saturated rings. The van der Waals surface area contributed by atoms with E-state index in [0.717, 1.165) is 51.0 Å². The SMILES string of the molecule is CCCN1CCC(CNC(=NC)NCCCCOCC)C1.I. The second-order valence-electron chi connectivity index (χ2n) is 5.74. The summed E-state index contributed by atoms with van der Waals surface area (Å²) in [6.45, 7) is 11.7. The van der Waals surface area contributed by atoms with Crippen molar-refractivity contribution in [3.05, 3.63) is 0 Å². The van der Waals surface area contributed by atoms with Crippen LogP contribution in [0.25, 0.3) is 0 Å². The fourth-order valence-corrected chi connectivity index (χ4v) is 2.74. The van der Waals surface area contributed by atoms with Crippen molar-refractivity contribution in [3.63, 3.8) is 0 Å². The molecule has 1 aliphatic rings. The highest BCUT2D eigenvalue weighted by molar-refractivity contribution is 14.0. The molecule has 1 aliphatic heterocycles. The van der Waals surface area contributed by atoms with Crippen LogP contribution < -0.4 is 10.6 Å². The second kappa shape index (κ2) is 14.5. The van der Waals surface area contributed by atoms with Crippen LogP contribution in [0.5, 0.6) is 0 Å². The third-order valence-corrected chi connectivity index (χ3v) is 3.90. The van der Waals surface area contributed by atoms with Crippen LogP contribution in [0, 0.1) is 5.92 Å². The zero-order valence-electron chi connectivity index (χ0n) is 14.6. The topological polar surface area (TPSA) is 48.9 Å². The lowest BCUT2D eigenvalue weighted by Gasteiger charge is -2.17. The summed E-state index contributed by atoms with van der Waals surface area (Å²) in [4.78, 5) is 6.85. The van der Waals surface area contributed by atoms with Crippen molar-refractivity contribution in [1.82, 2.24) is 15.5 Å². The van der Waals surface area contributed by atoms with Crippen LogP contribution in [-0.2, 0) is 4.74 Å². The van der Waals surface area contributed by atoms with Gasteiger partial charge in [0.05, 0.1) is 0 Å². The van der Waals surface area contributed by atoms with Crippen LogP contribution >= 0.6 is 24.0 Å². The largest absolute Gasteiger partial charge is 0.382 e. The summed E-state index contributed by atoms with van der Waals surface area (Å²) < 4.78 is 5.33. The molecule has 0 aliphatic carbocycles. The fourth-order valence-electron chi connectivity index (χ4n) is 2.74. The number of ether oxygens (including phenoxy) is 1. The Hall–Kier alpha value is -0.0800. The van der Waals surface area contributed by atoms with Gasteiger partial charge in [-0.15, -0.1) is 24.0 Å². The fraction of sp³-hybridized carbons (Fsp3) is 0.938. The van der Waals surface area contributed by atoms with E-state index in [9.17, 15) is 0 Å². The second-order valence-corrected chi connectivity index (χ2v) is 5.74. The molecule has 0 radical (unpaired) electrons. The maximum Gasteiger partial charge on any atom is 0.190 e. The van der Waals surface area contributed by atoms with Gasteiger partial charge in [0.25, 0.3) is 0 Å². The van der Waals surface area contributed by atoms with Gasteiger partial charge in [-0.1, -0.05) is 6.92 Å². The zero-order chi connectivity index (χ0) is 15.3. The third-order valence-electron chi connectivity index (χ3n) is 3.90. The van der Waals surface area contributed by atoms with Crippen molar-refractivity contribution in [2.75, 3.05) is 53.0 Å². The van der Waals surface area contributed by atoms with Gasteiger partial charge in [-0.3, -0.25) is 4.99 Å². The molecule has 0 aromatic rings.